The standard InChI is InChI=1S/C15H18N2O2S/c1-3-5-6-7-8-9-10-12-13(18)16-15(20)17(11-4-2)14(12)19/h4,10H,2-3,5-7,11H2,1H3,(H,16,18,20). The van der Waals surface area contributed by atoms with E-state index >= 15 is 0 Å². The molecule has 0 aromatic rings. The van der Waals surface area contributed by atoms with Crippen LogP contribution in [-0.2, 0) is 9.59 Å². The highest BCUT2D eigenvalue weighted by molar-refractivity contribution is 7.80. The van der Waals surface area contributed by atoms with Crippen molar-refractivity contribution >= 4 is 29.1 Å². The van der Waals surface area contributed by atoms with E-state index in [0.717, 1.165) is 25.7 Å². The van der Waals surface area contributed by atoms with Crippen LogP contribution >= 0.6 is 12.2 Å². The molecule has 2 amide bonds. The van der Waals surface area contributed by atoms with Crippen molar-refractivity contribution in [3.63, 3.8) is 0 Å². The number of nitrogens with zero attached hydrogens (tertiary/aromatic N) is 1. The number of thiocarbonyl (C=S) groups is 1. The van der Waals surface area contributed by atoms with Gasteiger partial charge in [-0.2, -0.15) is 0 Å². The predicted molar refractivity (Wildman–Crippen MR) is 82.7 cm³/mol. The van der Waals surface area contributed by atoms with Crippen molar-refractivity contribution in [3.05, 3.63) is 24.3 Å². The summed E-state index contributed by atoms with van der Waals surface area (Å²) in [6, 6.07) is 0. The fraction of sp³-hybridized carbons (Fsp3) is 0.400. The van der Waals surface area contributed by atoms with Crippen LogP contribution in [0.4, 0.5) is 0 Å². The Labute approximate surface area is 124 Å². The predicted octanol–water partition coefficient (Wildman–Crippen LogP) is 1.93. The maximum absolute atomic E-state index is 12.1. The largest absolute Gasteiger partial charge is 0.298 e. The van der Waals surface area contributed by atoms with Crippen LogP contribution in [0.2, 0.25) is 0 Å². The summed E-state index contributed by atoms with van der Waals surface area (Å²) in [5.41, 5.74) is 0.0171. The maximum Gasteiger partial charge on any atom is 0.266 e. The smallest absolute Gasteiger partial charge is 0.266 e. The summed E-state index contributed by atoms with van der Waals surface area (Å²) < 4.78 is 0. The number of unbranched alkanes of at least 4 members (excludes halogenated alkanes) is 3. The minimum absolute atomic E-state index is 0.0171. The molecule has 0 radical (unpaired) electrons. The molecular formula is C15H18N2O2S. The zero-order valence-electron chi connectivity index (χ0n) is 11.6. The Bertz CT molecular complexity index is 512. The summed E-state index contributed by atoms with van der Waals surface area (Å²) in [6.45, 7) is 5.94. The molecule has 0 aromatic carbocycles. The van der Waals surface area contributed by atoms with Gasteiger partial charge in [-0.1, -0.05) is 37.7 Å². The third-order valence-electron chi connectivity index (χ3n) is 2.72. The van der Waals surface area contributed by atoms with Crippen LogP contribution in [0, 0.1) is 11.8 Å². The second kappa shape index (κ2) is 8.28. The molecule has 1 N–H and O–H groups in total. The van der Waals surface area contributed by atoms with Crippen molar-refractivity contribution in [1.82, 2.24) is 10.2 Å². The summed E-state index contributed by atoms with van der Waals surface area (Å²) in [5, 5.41) is 2.57. The van der Waals surface area contributed by atoms with E-state index in [-0.39, 0.29) is 17.2 Å². The van der Waals surface area contributed by atoms with E-state index < -0.39 is 11.8 Å². The molecule has 0 spiro atoms. The molecule has 20 heavy (non-hydrogen) atoms. The molecule has 106 valence electrons. The highest BCUT2D eigenvalue weighted by Gasteiger charge is 2.32. The number of amides is 2. The Morgan fingerprint density at radius 3 is 2.80 bits per heavy atom. The zero-order valence-corrected chi connectivity index (χ0v) is 12.4. The Hall–Kier alpha value is -1.93. The van der Waals surface area contributed by atoms with Gasteiger partial charge in [-0.3, -0.25) is 19.8 Å². The molecule has 1 fully saturated rings. The molecule has 5 heteroatoms. The molecule has 0 aliphatic carbocycles. The Balaban J connectivity index is 2.76. The summed E-state index contributed by atoms with van der Waals surface area (Å²) in [7, 11) is 0. The second-order valence-electron chi connectivity index (χ2n) is 4.30. The van der Waals surface area contributed by atoms with Gasteiger partial charge >= 0.3 is 0 Å². The first-order valence-electron chi connectivity index (χ1n) is 6.58. The normalized spacial score (nSPS) is 16.8. The molecule has 0 bridgehead atoms. The van der Waals surface area contributed by atoms with Gasteiger partial charge in [-0.25, -0.2) is 0 Å². The van der Waals surface area contributed by atoms with Gasteiger partial charge in [0.05, 0.1) is 0 Å². The molecule has 0 unspecified atom stereocenters. The Morgan fingerprint density at radius 1 is 1.40 bits per heavy atom. The van der Waals surface area contributed by atoms with E-state index in [9.17, 15) is 9.59 Å². The first-order valence-corrected chi connectivity index (χ1v) is 6.99. The maximum atomic E-state index is 12.1. The molecule has 1 saturated heterocycles. The fourth-order valence-electron chi connectivity index (χ4n) is 1.65. The SMILES string of the molecule is C=CCN1C(=O)C(=CC#CCCCCC)C(=O)NC1=S. The van der Waals surface area contributed by atoms with Gasteiger partial charge in [-0.15, -0.1) is 6.58 Å². The highest BCUT2D eigenvalue weighted by Crippen LogP contribution is 2.09. The van der Waals surface area contributed by atoms with Crippen molar-refractivity contribution in [3.8, 4) is 11.8 Å². The quantitative estimate of drug-likeness (QED) is 0.210. The Morgan fingerprint density at radius 2 is 2.15 bits per heavy atom. The first-order chi connectivity index (χ1) is 9.61. The summed E-state index contributed by atoms with van der Waals surface area (Å²) in [6.07, 6.45) is 6.97. The molecule has 1 aliphatic rings. The van der Waals surface area contributed by atoms with Crippen LogP contribution in [0.3, 0.4) is 0 Å². The average Bonchev–Trinajstić information content (AvgIpc) is 2.41. The highest BCUT2D eigenvalue weighted by atomic mass is 32.1. The minimum Gasteiger partial charge on any atom is -0.298 e. The van der Waals surface area contributed by atoms with Crippen molar-refractivity contribution in [2.45, 2.75) is 32.6 Å². The molecule has 0 atom stereocenters. The fourth-order valence-corrected chi connectivity index (χ4v) is 1.90. The van der Waals surface area contributed by atoms with Gasteiger partial charge in [0, 0.05) is 19.0 Å². The molecule has 1 rings (SSSR count). The monoisotopic (exact) mass is 290 g/mol. The van der Waals surface area contributed by atoms with Crippen molar-refractivity contribution < 1.29 is 9.59 Å². The lowest BCUT2D eigenvalue weighted by Crippen LogP contribution is -2.53. The number of hydrogen-bond acceptors (Lipinski definition) is 3. The van der Waals surface area contributed by atoms with Gasteiger partial charge in [0.15, 0.2) is 5.11 Å². The number of carbonyl (C=O) groups excluding carboxylic acids is 2. The summed E-state index contributed by atoms with van der Waals surface area (Å²) in [5.74, 6) is 4.77. The van der Waals surface area contributed by atoms with Crippen LogP contribution in [0.1, 0.15) is 32.6 Å². The van der Waals surface area contributed by atoms with E-state index in [4.69, 9.17) is 12.2 Å². The van der Waals surface area contributed by atoms with Crippen LogP contribution in [0.15, 0.2) is 24.3 Å². The summed E-state index contributed by atoms with van der Waals surface area (Å²) >= 11 is 4.94. The third kappa shape index (κ3) is 4.32. The van der Waals surface area contributed by atoms with Gasteiger partial charge in [-0.05, 0) is 18.6 Å². The van der Waals surface area contributed by atoms with Crippen molar-refractivity contribution in [1.29, 1.82) is 0 Å². The third-order valence-corrected chi connectivity index (χ3v) is 3.04. The lowest BCUT2D eigenvalue weighted by Gasteiger charge is -2.27. The topological polar surface area (TPSA) is 49.4 Å². The molecule has 1 heterocycles. The molecule has 0 saturated carbocycles. The average molecular weight is 290 g/mol. The lowest BCUT2D eigenvalue weighted by atomic mass is 10.1. The molecule has 1 aliphatic heterocycles. The van der Waals surface area contributed by atoms with E-state index in [1.807, 2.05) is 0 Å². The van der Waals surface area contributed by atoms with Gasteiger partial charge < -0.3 is 0 Å². The van der Waals surface area contributed by atoms with E-state index in [0.29, 0.717) is 0 Å². The van der Waals surface area contributed by atoms with Crippen LogP contribution in [0.25, 0.3) is 0 Å². The lowest BCUT2D eigenvalue weighted by molar-refractivity contribution is -0.128. The van der Waals surface area contributed by atoms with Gasteiger partial charge in [0.25, 0.3) is 11.8 Å². The Kier molecular flexibility index (Phi) is 6.68. The van der Waals surface area contributed by atoms with Crippen LogP contribution in [-0.4, -0.2) is 28.4 Å². The number of carbonyl (C=O) groups is 2. The second-order valence-corrected chi connectivity index (χ2v) is 4.69. The number of nitrogens with one attached hydrogen (secondary N) is 1. The molecule has 4 nitrogen and oxygen atoms in total. The van der Waals surface area contributed by atoms with Gasteiger partial charge in [0.1, 0.15) is 5.57 Å². The van der Waals surface area contributed by atoms with E-state index in [1.165, 1.54) is 11.0 Å². The van der Waals surface area contributed by atoms with Crippen molar-refractivity contribution in [2.24, 2.45) is 0 Å². The zero-order chi connectivity index (χ0) is 15.0. The summed E-state index contributed by atoms with van der Waals surface area (Å²) in [4.78, 5) is 25.1. The number of allylic oxidation sites excluding steroid dienone is 1. The first kappa shape index (κ1) is 16.1. The molecular weight excluding hydrogens is 272 g/mol. The van der Waals surface area contributed by atoms with Crippen molar-refractivity contribution in [2.75, 3.05) is 6.54 Å². The number of rotatable bonds is 5. The number of hydrogen-bond donors (Lipinski definition) is 1. The van der Waals surface area contributed by atoms with Crippen LogP contribution < -0.4 is 5.32 Å². The minimum atomic E-state index is -0.497. The van der Waals surface area contributed by atoms with E-state index in [1.54, 1.807) is 6.08 Å². The van der Waals surface area contributed by atoms with Gasteiger partial charge in [0.2, 0.25) is 0 Å². The van der Waals surface area contributed by atoms with Crippen LogP contribution in [0.5, 0.6) is 0 Å². The van der Waals surface area contributed by atoms with E-state index in [2.05, 4.69) is 30.7 Å². The molecule has 0 aromatic heterocycles.